The molecule has 8 nitrogen and oxygen atoms in total. The normalized spacial score (nSPS) is 14.1. The first kappa shape index (κ1) is 13.6. The van der Waals surface area contributed by atoms with E-state index in [1.807, 2.05) is 0 Å². The molecule has 0 aliphatic carbocycles. The van der Waals surface area contributed by atoms with Crippen molar-refractivity contribution in [2.24, 2.45) is 0 Å². The molecule has 0 bridgehead atoms. The average molecular weight is 290 g/mol. The van der Waals surface area contributed by atoms with Gasteiger partial charge in [0, 0.05) is 18.2 Å². The Labute approximate surface area is 121 Å². The molecular formula is C13H18N6O2. The number of nitro groups is 1. The second kappa shape index (κ2) is 4.87. The van der Waals surface area contributed by atoms with E-state index in [-0.39, 0.29) is 11.3 Å². The topological polar surface area (TPSA) is 103 Å². The van der Waals surface area contributed by atoms with Crippen LogP contribution in [-0.2, 0) is 6.42 Å². The Morgan fingerprint density at radius 1 is 1.48 bits per heavy atom. The van der Waals surface area contributed by atoms with Crippen molar-refractivity contribution in [1.29, 1.82) is 0 Å². The molecule has 0 aromatic carbocycles. The zero-order valence-electron chi connectivity index (χ0n) is 12.1. The van der Waals surface area contributed by atoms with Gasteiger partial charge >= 0.3 is 5.69 Å². The third-order valence-electron chi connectivity index (χ3n) is 4.19. The molecule has 0 radical (unpaired) electrons. The van der Waals surface area contributed by atoms with Crippen molar-refractivity contribution in [2.75, 3.05) is 17.2 Å². The molecule has 0 amide bonds. The molecule has 21 heavy (non-hydrogen) atoms. The number of rotatable bonds is 4. The average Bonchev–Trinajstić information content (AvgIpc) is 3.04. The van der Waals surface area contributed by atoms with E-state index in [0.29, 0.717) is 11.9 Å². The maximum absolute atomic E-state index is 11.1. The van der Waals surface area contributed by atoms with Crippen LogP contribution >= 0.6 is 0 Å². The van der Waals surface area contributed by atoms with Crippen LogP contribution in [0.15, 0.2) is 6.20 Å². The Balaban J connectivity index is 2.24. The van der Waals surface area contributed by atoms with Gasteiger partial charge in [-0.15, -0.1) is 0 Å². The lowest BCUT2D eigenvalue weighted by Crippen LogP contribution is -2.34. The van der Waals surface area contributed by atoms with Crippen LogP contribution in [0.2, 0.25) is 0 Å². The van der Waals surface area contributed by atoms with Crippen LogP contribution in [0.5, 0.6) is 0 Å². The Morgan fingerprint density at radius 2 is 2.19 bits per heavy atom. The summed E-state index contributed by atoms with van der Waals surface area (Å²) in [5, 5.41) is 15.2. The van der Waals surface area contributed by atoms with Gasteiger partial charge in [0.2, 0.25) is 5.65 Å². The highest BCUT2D eigenvalue weighted by Crippen LogP contribution is 2.36. The second-order valence-electron chi connectivity index (χ2n) is 5.24. The van der Waals surface area contributed by atoms with Gasteiger partial charge in [0.15, 0.2) is 0 Å². The molecule has 0 spiro atoms. The van der Waals surface area contributed by atoms with E-state index in [9.17, 15) is 10.1 Å². The maximum Gasteiger partial charge on any atom is 0.333 e. The van der Waals surface area contributed by atoms with Gasteiger partial charge in [-0.3, -0.25) is 10.1 Å². The van der Waals surface area contributed by atoms with Crippen LogP contribution in [0.25, 0.3) is 5.65 Å². The van der Waals surface area contributed by atoms with Crippen LogP contribution in [0.3, 0.4) is 0 Å². The van der Waals surface area contributed by atoms with Crippen molar-refractivity contribution in [3.63, 3.8) is 0 Å². The minimum atomic E-state index is -0.475. The second-order valence-corrected chi connectivity index (χ2v) is 5.24. The zero-order chi connectivity index (χ0) is 15.1. The van der Waals surface area contributed by atoms with Crippen LogP contribution in [0.4, 0.5) is 17.3 Å². The molecule has 2 aromatic rings. The predicted octanol–water partition coefficient (Wildman–Crippen LogP) is 1.77. The first-order valence-corrected chi connectivity index (χ1v) is 7.15. The van der Waals surface area contributed by atoms with Crippen molar-refractivity contribution in [2.45, 2.75) is 39.2 Å². The highest BCUT2D eigenvalue weighted by atomic mass is 16.6. The molecule has 0 saturated heterocycles. The fourth-order valence-electron chi connectivity index (χ4n) is 3.10. The summed E-state index contributed by atoms with van der Waals surface area (Å²) in [5.41, 5.74) is 7.05. The summed E-state index contributed by atoms with van der Waals surface area (Å²) in [6.45, 7) is 5.12. The Bertz CT molecular complexity index is 706. The summed E-state index contributed by atoms with van der Waals surface area (Å²) in [5.74, 6) is 1.23. The number of nitrogen functional groups attached to an aromatic ring is 1. The van der Waals surface area contributed by atoms with E-state index in [2.05, 4.69) is 28.8 Å². The minimum Gasteiger partial charge on any atom is -0.383 e. The van der Waals surface area contributed by atoms with E-state index >= 15 is 0 Å². The summed E-state index contributed by atoms with van der Waals surface area (Å²) in [7, 11) is 0. The quantitative estimate of drug-likeness (QED) is 0.680. The summed E-state index contributed by atoms with van der Waals surface area (Å²) < 4.78 is 1.56. The minimum absolute atomic E-state index is 0.110. The SMILES string of the molecule is CCC(CC)N1CCc2c(N)nc3c([N+](=O)[O-])cnn3c21. The molecule has 0 atom stereocenters. The van der Waals surface area contributed by atoms with Gasteiger partial charge in [-0.2, -0.15) is 9.61 Å². The number of nitrogens with two attached hydrogens (primary N) is 1. The van der Waals surface area contributed by atoms with Crippen molar-refractivity contribution < 1.29 is 4.92 Å². The number of nitrogens with zero attached hydrogens (tertiary/aromatic N) is 5. The van der Waals surface area contributed by atoms with Gasteiger partial charge in [0.05, 0.1) is 4.92 Å². The number of hydrogen-bond acceptors (Lipinski definition) is 6. The van der Waals surface area contributed by atoms with Crippen LogP contribution in [0.1, 0.15) is 32.3 Å². The molecule has 1 aliphatic heterocycles. The standard InChI is InChI=1S/C13H18N6O2/c1-3-8(4-2)17-6-5-9-11(14)16-12-10(19(20)21)7-15-18(12)13(9)17/h7-8H,3-6H2,1-2H3,(H2,14,16). The molecule has 1 aliphatic rings. The lowest BCUT2D eigenvalue weighted by atomic mass is 10.1. The van der Waals surface area contributed by atoms with Gasteiger partial charge < -0.3 is 10.6 Å². The summed E-state index contributed by atoms with van der Waals surface area (Å²) >= 11 is 0. The monoisotopic (exact) mass is 290 g/mol. The van der Waals surface area contributed by atoms with Gasteiger partial charge in [0.25, 0.3) is 0 Å². The Morgan fingerprint density at radius 3 is 2.81 bits per heavy atom. The summed E-state index contributed by atoms with van der Waals surface area (Å²) in [4.78, 5) is 17.0. The Kier molecular flexibility index (Phi) is 3.15. The predicted molar refractivity (Wildman–Crippen MR) is 79.5 cm³/mol. The van der Waals surface area contributed by atoms with E-state index < -0.39 is 4.92 Å². The number of aromatic nitrogens is 3. The van der Waals surface area contributed by atoms with Gasteiger partial charge in [-0.1, -0.05) is 13.8 Å². The third-order valence-corrected chi connectivity index (χ3v) is 4.19. The summed E-state index contributed by atoms with van der Waals surface area (Å²) in [6.07, 6.45) is 4.05. The van der Waals surface area contributed by atoms with E-state index in [4.69, 9.17) is 5.73 Å². The van der Waals surface area contributed by atoms with Crippen LogP contribution in [0, 0.1) is 10.1 Å². The molecule has 0 saturated carbocycles. The summed E-state index contributed by atoms with van der Waals surface area (Å²) in [6, 6.07) is 0.375. The highest BCUT2D eigenvalue weighted by Gasteiger charge is 2.32. The van der Waals surface area contributed by atoms with Crippen molar-refractivity contribution >= 4 is 23.0 Å². The van der Waals surface area contributed by atoms with Crippen LogP contribution < -0.4 is 10.6 Å². The third kappa shape index (κ3) is 1.90. The van der Waals surface area contributed by atoms with E-state index in [0.717, 1.165) is 37.2 Å². The molecule has 0 fully saturated rings. The molecule has 0 unspecified atom stereocenters. The lowest BCUT2D eigenvalue weighted by molar-refractivity contribution is -0.383. The van der Waals surface area contributed by atoms with E-state index in [1.165, 1.54) is 6.20 Å². The van der Waals surface area contributed by atoms with Gasteiger partial charge in [-0.05, 0) is 19.3 Å². The van der Waals surface area contributed by atoms with Crippen molar-refractivity contribution in [3.05, 3.63) is 21.9 Å². The lowest BCUT2D eigenvalue weighted by Gasteiger charge is -2.28. The zero-order valence-corrected chi connectivity index (χ0v) is 12.1. The number of fused-ring (bicyclic) bond motifs is 3. The van der Waals surface area contributed by atoms with Crippen molar-refractivity contribution in [1.82, 2.24) is 14.6 Å². The number of hydrogen-bond donors (Lipinski definition) is 1. The maximum atomic E-state index is 11.1. The molecule has 2 N–H and O–H groups in total. The fraction of sp³-hybridized carbons (Fsp3) is 0.538. The van der Waals surface area contributed by atoms with Crippen molar-refractivity contribution in [3.8, 4) is 0 Å². The molecule has 3 rings (SSSR count). The smallest absolute Gasteiger partial charge is 0.333 e. The first-order chi connectivity index (χ1) is 10.1. The molecule has 112 valence electrons. The first-order valence-electron chi connectivity index (χ1n) is 7.15. The van der Waals surface area contributed by atoms with E-state index in [1.54, 1.807) is 4.52 Å². The molecule has 2 aromatic heterocycles. The highest BCUT2D eigenvalue weighted by molar-refractivity contribution is 5.71. The Hall–Kier alpha value is -2.38. The van der Waals surface area contributed by atoms with Crippen LogP contribution in [-0.4, -0.2) is 32.1 Å². The fourth-order valence-corrected chi connectivity index (χ4v) is 3.10. The number of anilines is 2. The molecule has 3 heterocycles. The molecular weight excluding hydrogens is 272 g/mol. The largest absolute Gasteiger partial charge is 0.383 e. The van der Waals surface area contributed by atoms with Gasteiger partial charge in [0.1, 0.15) is 17.8 Å². The molecule has 8 heteroatoms. The van der Waals surface area contributed by atoms with Gasteiger partial charge in [-0.25, -0.2) is 4.98 Å².